The van der Waals surface area contributed by atoms with Gasteiger partial charge in [0.1, 0.15) is 6.10 Å². The van der Waals surface area contributed by atoms with Gasteiger partial charge in [-0.25, -0.2) is 0 Å². The molecule has 0 N–H and O–H groups in total. The number of carbonyl (C=O) groups is 1. The van der Waals surface area contributed by atoms with Crippen LogP contribution < -0.4 is 0 Å². The van der Waals surface area contributed by atoms with Gasteiger partial charge >= 0.3 is 0 Å². The van der Waals surface area contributed by atoms with Crippen LogP contribution in [0, 0.1) is 6.92 Å². The second kappa shape index (κ2) is 4.53. The fraction of sp³-hybridized carbons (Fsp3) is 0.615. The fourth-order valence-corrected chi connectivity index (χ4v) is 2.46. The smallest absolute Gasteiger partial charge is 0.252 e. The van der Waals surface area contributed by atoms with Crippen molar-refractivity contribution in [2.24, 2.45) is 0 Å². The minimum absolute atomic E-state index is 0.0742. The maximum atomic E-state index is 12.1. The second-order valence-electron chi connectivity index (χ2n) is 4.64. The Hall–Kier alpha value is -1.29. The Labute approximate surface area is 102 Å². The molecule has 0 aliphatic carbocycles. The van der Waals surface area contributed by atoms with Gasteiger partial charge in [0.15, 0.2) is 0 Å². The highest BCUT2D eigenvalue weighted by atomic mass is 16.5. The van der Waals surface area contributed by atoms with Gasteiger partial charge in [0, 0.05) is 31.6 Å². The van der Waals surface area contributed by atoms with Crippen molar-refractivity contribution in [2.75, 3.05) is 13.7 Å². The lowest BCUT2D eigenvalue weighted by molar-refractivity contribution is -0.144. The average Bonchev–Trinajstić information content (AvgIpc) is 2.71. The zero-order chi connectivity index (χ0) is 12.6. The molecule has 17 heavy (non-hydrogen) atoms. The number of methoxy groups -OCH3 is 1. The molecule has 1 amide bonds. The van der Waals surface area contributed by atoms with E-state index in [2.05, 4.69) is 30.5 Å². The van der Waals surface area contributed by atoms with Crippen molar-refractivity contribution < 1.29 is 9.53 Å². The molecule has 94 valence electrons. The summed E-state index contributed by atoms with van der Waals surface area (Å²) in [7, 11) is 1.57. The second-order valence-corrected chi connectivity index (χ2v) is 4.64. The van der Waals surface area contributed by atoms with Crippen LogP contribution in [-0.2, 0) is 16.1 Å². The number of amides is 1. The minimum Gasteiger partial charge on any atom is -0.372 e. The fourth-order valence-electron chi connectivity index (χ4n) is 2.46. The number of hydrogen-bond donors (Lipinski definition) is 0. The molecule has 1 aliphatic rings. The van der Waals surface area contributed by atoms with Crippen molar-refractivity contribution in [3.63, 3.8) is 0 Å². The Bertz CT molecular complexity index is 425. The predicted octanol–water partition coefficient (Wildman–Crippen LogP) is 1.73. The first-order valence-corrected chi connectivity index (χ1v) is 6.05. The SMILES string of the molecule is COC(C)C(=O)N1CCn2c(C)ccc2C1C. The van der Waals surface area contributed by atoms with Gasteiger partial charge in [-0.3, -0.25) is 4.79 Å². The molecule has 4 nitrogen and oxygen atoms in total. The standard InChI is InChI=1S/C13H20N2O2/c1-9-5-6-12-10(2)15(8-7-14(9)12)13(16)11(3)17-4/h5-6,10-11H,7-8H2,1-4H3. The lowest BCUT2D eigenvalue weighted by Crippen LogP contribution is -2.45. The molecule has 4 heteroatoms. The number of carbonyl (C=O) groups excluding carboxylic acids is 1. The van der Waals surface area contributed by atoms with Crippen LogP contribution in [0.2, 0.25) is 0 Å². The maximum absolute atomic E-state index is 12.1. The van der Waals surface area contributed by atoms with Crippen LogP contribution in [0.3, 0.4) is 0 Å². The zero-order valence-corrected chi connectivity index (χ0v) is 10.9. The Morgan fingerprint density at radius 3 is 2.82 bits per heavy atom. The summed E-state index contributed by atoms with van der Waals surface area (Å²) < 4.78 is 7.39. The molecule has 2 atom stereocenters. The van der Waals surface area contributed by atoms with Crippen LogP contribution in [0.4, 0.5) is 0 Å². The summed E-state index contributed by atoms with van der Waals surface area (Å²) in [5, 5.41) is 0. The third-order valence-electron chi connectivity index (χ3n) is 3.68. The molecule has 0 fully saturated rings. The molecule has 2 unspecified atom stereocenters. The van der Waals surface area contributed by atoms with E-state index < -0.39 is 0 Å². The number of hydrogen-bond acceptors (Lipinski definition) is 2. The molecule has 0 aromatic carbocycles. The van der Waals surface area contributed by atoms with Crippen LogP contribution in [0.1, 0.15) is 31.3 Å². The number of aromatic nitrogens is 1. The Morgan fingerprint density at radius 1 is 1.47 bits per heavy atom. The topological polar surface area (TPSA) is 34.5 Å². The van der Waals surface area contributed by atoms with Crippen LogP contribution >= 0.6 is 0 Å². The molecule has 0 radical (unpaired) electrons. The van der Waals surface area contributed by atoms with E-state index in [0.29, 0.717) is 0 Å². The first-order chi connectivity index (χ1) is 8.06. The van der Waals surface area contributed by atoms with E-state index >= 15 is 0 Å². The quantitative estimate of drug-likeness (QED) is 0.784. The van der Waals surface area contributed by atoms with Crippen molar-refractivity contribution in [3.05, 3.63) is 23.5 Å². The summed E-state index contributed by atoms with van der Waals surface area (Å²) in [6.07, 6.45) is -0.361. The normalized spacial score (nSPS) is 21.2. The van der Waals surface area contributed by atoms with Crippen molar-refractivity contribution in [2.45, 2.75) is 39.5 Å². The molecule has 0 spiro atoms. The van der Waals surface area contributed by atoms with E-state index in [1.165, 1.54) is 11.4 Å². The molecule has 1 aliphatic heterocycles. The number of rotatable bonds is 2. The molecule has 0 bridgehead atoms. The molecule has 1 aromatic rings. The van der Waals surface area contributed by atoms with Crippen LogP contribution in [-0.4, -0.2) is 35.1 Å². The van der Waals surface area contributed by atoms with E-state index in [-0.39, 0.29) is 18.1 Å². The van der Waals surface area contributed by atoms with Gasteiger partial charge in [-0.05, 0) is 32.9 Å². The van der Waals surface area contributed by atoms with Gasteiger partial charge in [-0.2, -0.15) is 0 Å². The first kappa shape index (κ1) is 12.2. The molecular weight excluding hydrogens is 216 g/mol. The van der Waals surface area contributed by atoms with Gasteiger partial charge in [-0.1, -0.05) is 0 Å². The molecule has 2 rings (SSSR count). The summed E-state index contributed by atoms with van der Waals surface area (Å²) in [5.74, 6) is 0.0742. The summed E-state index contributed by atoms with van der Waals surface area (Å²) in [6.45, 7) is 7.61. The highest BCUT2D eigenvalue weighted by Gasteiger charge is 2.30. The molecule has 2 heterocycles. The average molecular weight is 236 g/mol. The lowest BCUT2D eigenvalue weighted by Gasteiger charge is -2.36. The van der Waals surface area contributed by atoms with Crippen molar-refractivity contribution in [1.29, 1.82) is 0 Å². The van der Waals surface area contributed by atoms with Crippen molar-refractivity contribution in [3.8, 4) is 0 Å². The van der Waals surface area contributed by atoms with Crippen LogP contribution in [0.15, 0.2) is 12.1 Å². The highest BCUT2D eigenvalue weighted by Crippen LogP contribution is 2.27. The third-order valence-corrected chi connectivity index (χ3v) is 3.68. The summed E-state index contributed by atoms with van der Waals surface area (Å²) in [4.78, 5) is 14.1. The van der Waals surface area contributed by atoms with Crippen LogP contribution in [0.5, 0.6) is 0 Å². The maximum Gasteiger partial charge on any atom is 0.252 e. The first-order valence-electron chi connectivity index (χ1n) is 6.05. The van der Waals surface area contributed by atoms with E-state index in [1.54, 1.807) is 14.0 Å². The van der Waals surface area contributed by atoms with Gasteiger partial charge in [-0.15, -0.1) is 0 Å². The Balaban J connectivity index is 2.23. The van der Waals surface area contributed by atoms with Crippen molar-refractivity contribution in [1.82, 2.24) is 9.47 Å². The van der Waals surface area contributed by atoms with Crippen LogP contribution in [0.25, 0.3) is 0 Å². The zero-order valence-electron chi connectivity index (χ0n) is 10.9. The summed E-state index contributed by atoms with van der Waals surface area (Å²) in [5.41, 5.74) is 2.48. The monoisotopic (exact) mass is 236 g/mol. The van der Waals surface area contributed by atoms with Crippen molar-refractivity contribution >= 4 is 5.91 Å². The summed E-state index contributed by atoms with van der Waals surface area (Å²) >= 11 is 0. The van der Waals surface area contributed by atoms with E-state index in [0.717, 1.165) is 13.1 Å². The predicted molar refractivity (Wildman–Crippen MR) is 65.8 cm³/mol. The summed E-state index contributed by atoms with van der Waals surface area (Å²) in [6, 6.07) is 4.35. The largest absolute Gasteiger partial charge is 0.372 e. The molecule has 0 saturated carbocycles. The Morgan fingerprint density at radius 2 is 2.18 bits per heavy atom. The van der Waals surface area contributed by atoms with Gasteiger partial charge in [0.2, 0.25) is 0 Å². The van der Waals surface area contributed by atoms with E-state index in [1.807, 2.05) is 4.90 Å². The number of ether oxygens (including phenoxy) is 1. The third kappa shape index (κ3) is 1.97. The minimum atomic E-state index is -0.361. The number of fused-ring (bicyclic) bond motifs is 1. The molecule has 1 aromatic heterocycles. The molecule has 0 saturated heterocycles. The van der Waals surface area contributed by atoms with E-state index in [4.69, 9.17) is 4.74 Å². The highest BCUT2D eigenvalue weighted by molar-refractivity contribution is 5.81. The molecular formula is C13H20N2O2. The number of nitrogens with zero attached hydrogens (tertiary/aromatic N) is 2. The Kier molecular flexibility index (Phi) is 3.24. The number of aryl methyl sites for hydroxylation is 1. The van der Waals surface area contributed by atoms with E-state index in [9.17, 15) is 4.79 Å². The van der Waals surface area contributed by atoms with Gasteiger partial charge < -0.3 is 14.2 Å². The van der Waals surface area contributed by atoms with Gasteiger partial charge in [0.05, 0.1) is 6.04 Å². The van der Waals surface area contributed by atoms with Gasteiger partial charge in [0.25, 0.3) is 5.91 Å². The lowest BCUT2D eigenvalue weighted by atomic mass is 10.1.